The molecular weight excluding hydrogens is 521 g/mol. The van der Waals surface area contributed by atoms with Crippen LogP contribution in [0.25, 0.3) is 0 Å². The first-order valence-corrected chi connectivity index (χ1v) is 11.8. The minimum atomic E-state index is -1.33. The Morgan fingerprint density at radius 2 is 1.71 bits per heavy atom. The van der Waals surface area contributed by atoms with E-state index in [0.29, 0.717) is 16.4 Å². The van der Waals surface area contributed by atoms with Crippen LogP contribution in [-0.2, 0) is 4.79 Å². The zero-order valence-corrected chi connectivity index (χ0v) is 20.9. The summed E-state index contributed by atoms with van der Waals surface area (Å²) in [5.41, 5.74) is 1.79. The fourth-order valence-corrected chi connectivity index (χ4v) is 5.59. The number of nitrogens with one attached hydrogen (secondary N) is 2. The van der Waals surface area contributed by atoms with Crippen molar-refractivity contribution < 1.29 is 14.0 Å². The van der Waals surface area contributed by atoms with Gasteiger partial charge in [0.15, 0.2) is 0 Å². The van der Waals surface area contributed by atoms with E-state index in [2.05, 4.69) is 10.6 Å². The molecule has 2 atom stereocenters. The number of rotatable bonds is 7. The molecule has 0 spiro atoms. The molecule has 1 amide bonds. The molecule has 2 unspecified atom stereocenters. The Hall–Kier alpha value is -2.31. The van der Waals surface area contributed by atoms with Gasteiger partial charge in [-0.2, -0.15) is 0 Å². The first kappa shape index (κ1) is 24.8. The summed E-state index contributed by atoms with van der Waals surface area (Å²) in [5, 5.41) is 6.60. The van der Waals surface area contributed by atoms with E-state index in [9.17, 15) is 14.0 Å². The smallest absolute Gasteiger partial charge is 0.257 e. The lowest BCUT2D eigenvalue weighted by atomic mass is 9.99. The van der Waals surface area contributed by atoms with Crippen molar-refractivity contribution in [1.82, 2.24) is 0 Å². The van der Waals surface area contributed by atoms with Crippen molar-refractivity contribution in [2.24, 2.45) is 5.41 Å². The van der Waals surface area contributed by atoms with Crippen molar-refractivity contribution in [3.05, 3.63) is 93.2 Å². The van der Waals surface area contributed by atoms with Crippen LogP contribution in [-0.4, -0.2) is 23.1 Å². The Morgan fingerprint density at radius 1 is 1.03 bits per heavy atom. The minimum absolute atomic E-state index is 0.125. The number of halogens is 5. The third-order valence-electron chi connectivity index (χ3n) is 5.92. The molecule has 3 aromatic rings. The number of alkyl halides is 2. The number of aryl methyl sites for hydroxylation is 1. The average molecular weight is 540 g/mol. The Labute approximate surface area is 216 Å². The van der Waals surface area contributed by atoms with Gasteiger partial charge in [0.2, 0.25) is 0 Å². The van der Waals surface area contributed by atoms with Crippen LogP contribution in [0, 0.1) is 18.2 Å². The molecule has 1 saturated carbocycles. The second-order valence-electron chi connectivity index (χ2n) is 8.29. The molecule has 1 aliphatic rings. The van der Waals surface area contributed by atoms with E-state index < -0.39 is 27.4 Å². The van der Waals surface area contributed by atoms with Crippen molar-refractivity contribution in [2.75, 3.05) is 17.2 Å². The number of carbonyl (C=O) groups is 2. The van der Waals surface area contributed by atoms with Crippen LogP contribution in [0.2, 0.25) is 10.0 Å². The molecule has 3 aromatic carbocycles. The molecule has 1 aliphatic carbocycles. The van der Waals surface area contributed by atoms with Crippen molar-refractivity contribution in [2.45, 2.75) is 17.2 Å². The van der Waals surface area contributed by atoms with Crippen molar-refractivity contribution in [3.8, 4) is 0 Å². The van der Waals surface area contributed by atoms with Gasteiger partial charge in [0.05, 0.1) is 16.0 Å². The molecule has 1 fully saturated rings. The Morgan fingerprint density at radius 3 is 2.35 bits per heavy atom. The van der Waals surface area contributed by atoms with Crippen LogP contribution in [0.5, 0.6) is 0 Å². The largest absolute Gasteiger partial charge is 0.384 e. The number of hydrogen-bond donors (Lipinski definition) is 2. The van der Waals surface area contributed by atoms with Crippen LogP contribution >= 0.6 is 46.4 Å². The molecule has 2 N–H and O–H groups in total. The van der Waals surface area contributed by atoms with E-state index in [1.807, 2.05) is 19.1 Å². The Bertz CT molecular complexity index is 1250. The SMILES string of the molecule is Cc1cc(Cl)cc(C2C(Cl)(Cl)C2(C=O)CNc2ccc(Cl)c(C(=O)Nc3ccc(F)cc3)c2)c1. The van der Waals surface area contributed by atoms with Crippen molar-refractivity contribution in [3.63, 3.8) is 0 Å². The molecule has 176 valence electrons. The molecule has 0 aliphatic heterocycles. The normalized spacial score (nSPS) is 20.5. The quantitative estimate of drug-likeness (QED) is 0.245. The first-order valence-electron chi connectivity index (χ1n) is 10.3. The summed E-state index contributed by atoms with van der Waals surface area (Å²) < 4.78 is 11.8. The lowest BCUT2D eigenvalue weighted by molar-refractivity contribution is -0.112. The van der Waals surface area contributed by atoms with E-state index >= 15 is 0 Å². The number of carbonyl (C=O) groups excluding carboxylic acids is 2. The van der Waals surface area contributed by atoms with Crippen LogP contribution in [0.15, 0.2) is 60.7 Å². The van der Waals surface area contributed by atoms with Gasteiger partial charge in [-0.15, -0.1) is 0 Å². The zero-order valence-electron chi connectivity index (χ0n) is 17.8. The van der Waals surface area contributed by atoms with Crippen molar-refractivity contribution >= 4 is 70.0 Å². The maximum Gasteiger partial charge on any atom is 0.257 e. The molecule has 0 heterocycles. The van der Waals surface area contributed by atoms with Crippen LogP contribution < -0.4 is 10.6 Å². The fourth-order valence-electron chi connectivity index (χ4n) is 4.11. The molecular formula is C25H19Cl4FN2O2. The zero-order chi connectivity index (χ0) is 24.7. The van der Waals surface area contributed by atoms with Gasteiger partial charge in [-0.3, -0.25) is 4.79 Å². The number of aldehydes is 1. The van der Waals surface area contributed by atoms with Gasteiger partial charge in [-0.25, -0.2) is 4.39 Å². The molecule has 0 saturated heterocycles. The van der Waals surface area contributed by atoms with E-state index in [1.165, 1.54) is 24.3 Å². The first-order chi connectivity index (χ1) is 16.1. The van der Waals surface area contributed by atoms with E-state index in [1.54, 1.807) is 24.3 Å². The summed E-state index contributed by atoms with van der Waals surface area (Å²) in [4.78, 5) is 24.9. The summed E-state index contributed by atoms with van der Waals surface area (Å²) in [5.74, 6) is -1.33. The molecule has 34 heavy (non-hydrogen) atoms. The van der Waals surface area contributed by atoms with E-state index in [0.717, 1.165) is 17.4 Å². The fraction of sp³-hybridized carbons (Fsp3) is 0.200. The van der Waals surface area contributed by atoms with Crippen LogP contribution in [0.1, 0.15) is 27.4 Å². The summed E-state index contributed by atoms with van der Waals surface area (Å²) in [6, 6.07) is 15.7. The monoisotopic (exact) mass is 538 g/mol. The summed E-state index contributed by atoms with van der Waals surface area (Å²) in [7, 11) is 0. The standard InChI is InChI=1S/C25H19Cl4FN2O2/c1-14-8-15(10-16(26)9-14)22-24(13-33,25(22,28)29)12-31-19-6-7-21(27)20(11-19)23(34)32-18-4-2-17(30)3-5-18/h2-11,13,22,31H,12H2,1H3,(H,32,34). The molecule has 9 heteroatoms. The van der Waals surface area contributed by atoms with E-state index in [4.69, 9.17) is 46.4 Å². The third kappa shape index (κ3) is 4.63. The summed E-state index contributed by atoms with van der Waals surface area (Å²) >= 11 is 25.6. The highest BCUT2D eigenvalue weighted by Gasteiger charge is 2.76. The lowest BCUT2D eigenvalue weighted by Gasteiger charge is -2.15. The second-order valence-corrected chi connectivity index (χ2v) is 10.5. The molecule has 4 rings (SSSR count). The van der Waals surface area contributed by atoms with Gasteiger partial charge in [0.25, 0.3) is 5.91 Å². The Kier molecular flexibility index (Phi) is 6.85. The van der Waals surface area contributed by atoms with Gasteiger partial charge in [-0.05, 0) is 72.6 Å². The lowest BCUT2D eigenvalue weighted by Crippen LogP contribution is -2.23. The minimum Gasteiger partial charge on any atom is -0.384 e. The molecule has 0 bridgehead atoms. The number of amides is 1. The maximum atomic E-state index is 13.1. The van der Waals surface area contributed by atoms with Gasteiger partial charge in [-0.1, -0.05) is 52.5 Å². The summed E-state index contributed by atoms with van der Waals surface area (Å²) in [6.45, 7) is 2.02. The van der Waals surface area contributed by atoms with Gasteiger partial charge >= 0.3 is 0 Å². The highest BCUT2D eigenvalue weighted by atomic mass is 35.5. The van der Waals surface area contributed by atoms with Crippen molar-refractivity contribution in [1.29, 1.82) is 0 Å². The number of benzene rings is 3. The topological polar surface area (TPSA) is 58.2 Å². The predicted octanol–water partition coefficient (Wildman–Crippen LogP) is 7.26. The number of anilines is 2. The predicted molar refractivity (Wildman–Crippen MR) is 136 cm³/mol. The second kappa shape index (κ2) is 9.38. The third-order valence-corrected chi connectivity index (χ3v) is 7.61. The maximum absolute atomic E-state index is 13.1. The molecule has 0 radical (unpaired) electrons. The number of hydrogen-bond acceptors (Lipinski definition) is 3. The average Bonchev–Trinajstić information content (AvgIpc) is 3.28. The molecule has 0 aromatic heterocycles. The molecule has 4 nitrogen and oxygen atoms in total. The van der Waals surface area contributed by atoms with Gasteiger partial charge < -0.3 is 15.4 Å². The Balaban J connectivity index is 1.53. The highest BCUT2D eigenvalue weighted by molar-refractivity contribution is 6.54. The van der Waals surface area contributed by atoms with Gasteiger partial charge in [0, 0.05) is 28.9 Å². The van der Waals surface area contributed by atoms with E-state index in [-0.39, 0.29) is 17.1 Å². The van der Waals surface area contributed by atoms with Gasteiger partial charge in [0.1, 0.15) is 16.4 Å². The van der Waals surface area contributed by atoms with Crippen LogP contribution in [0.4, 0.5) is 15.8 Å². The van der Waals surface area contributed by atoms with Crippen LogP contribution in [0.3, 0.4) is 0 Å². The summed E-state index contributed by atoms with van der Waals surface area (Å²) in [6.07, 6.45) is 0.763. The highest BCUT2D eigenvalue weighted by Crippen LogP contribution is 2.73.